The van der Waals surface area contributed by atoms with E-state index in [0.717, 1.165) is 22.8 Å². The van der Waals surface area contributed by atoms with Crippen molar-refractivity contribution < 1.29 is 4.79 Å². The number of carbonyl (C=O) groups excluding carboxylic acids is 1. The number of amides is 1. The van der Waals surface area contributed by atoms with E-state index in [1.165, 1.54) is 0 Å². The van der Waals surface area contributed by atoms with Crippen molar-refractivity contribution in [2.24, 2.45) is 0 Å². The number of rotatable bonds is 7. The summed E-state index contributed by atoms with van der Waals surface area (Å²) >= 11 is 1.78. The molecule has 0 aliphatic rings. The molecule has 5 heteroatoms. The monoisotopic (exact) mass is 303 g/mol. The van der Waals surface area contributed by atoms with E-state index in [1.54, 1.807) is 18.0 Å². The van der Waals surface area contributed by atoms with Gasteiger partial charge in [0.05, 0.1) is 17.9 Å². The molecule has 0 spiro atoms. The summed E-state index contributed by atoms with van der Waals surface area (Å²) in [6, 6.07) is 9.91. The highest BCUT2D eigenvalue weighted by Gasteiger charge is 2.11. The number of thioether (sulfide) groups is 1. The Balaban J connectivity index is 1.93. The number of nitrogens with zero attached hydrogens (tertiary/aromatic N) is 2. The first kappa shape index (κ1) is 15.6. The van der Waals surface area contributed by atoms with Crippen molar-refractivity contribution >= 4 is 17.7 Å². The summed E-state index contributed by atoms with van der Waals surface area (Å²) in [6.07, 6.45) is 4.33. The largest absolute Gasteiger partial charge is 0.349 e. The fourth-order valence-electron chi connectivity index (χ4n) is 1.99. The molecule has 1 N–H and O–H groups in total. The quantitative estimate of drug-likeness (QED) is 0.799. The van der Waals surface area contributed by atoms with Gasteiger partial charge in [0.2, 0.25) is 5.91 Å². The molecular weight excluding hydrogens is 282 g/mol. The molecule has 0 unspecified atom stereocenters. The number of hydrogen-bond donors (Lipinski definition) is 1. The predicted octanol–water partition coefficient (Wildman–Crippen LogP) is 3.19. The molecule has 1 atom stereocenters. The second kappa shape index (κ2) is 7.88. The fraction of sp³-hybridized carbons (Fsp3) is 0.375. The Labute approximate surface area is 129 Å². The van der Waals surface area contributed by atoms with Gasteiger partial charge >= 0.3 is 0 Å². The molecule has 0 radical (unpaired) electrons. The van der Waals surface area contributed by atoms with Crippen molar-refractivity contribution in [3.05, 3.63) is 48.3 Å². The van der Waals surface area contributed by atoms with Crippen LogP contribution in [0.2, 0.25) is 0 Å². The molecule has 4 nitrogen and oxygen atoms in total. The van der Waals surface area contributed by atoms with E-state index >= 15 is 0 Å². The first-order chi connectivity index (χ1) is 10.2. The number of para-hydroxylation sites is 1. The highest BCUT2D eigenvalue weighted by molar-refractivity contribution is 7.99. The molecule has 1 aromatic carbocycles. The van der Waals surface area contributed by atoms with Crippen molar-refractivity contribution in [2.45, 2.75) is 26.3 Å². The highest BCUT2D eigenvalue weighted by Crippen LogP contribution is 2.14. The Hall–Kier alpha value is -1.75. The summed E-state index contributed by atoms with van der Waals surface area (Å²) in [7, 11) is 0. The molecule has 0 saturated carbocycles. The SMILES string of the molecule is CCSCCC(=O)N[C@@H](C)c1cnn(-c2ccccc2)c1. The molecule has 1 aromatic heterocycles. The minimum Gasteiger partial charge on any atom is -0.349 e. The zero-order chi connectivity index (χ0) is 15.1. The molecule has 1 heterocycles. The molecule has 0 aliphatic heterocycles. The second-order valence-corrected chi connectivity index (χ2v) is 6.18. The molecule has 1 amide bonds. The van der Waals surface area contributed by atoms with E-state index in [-0.39, 0.29) is 11.9 Å². The third-order valence-electron chi connectivity index (χ3n) is 3.18. The van der Waals surface area contributed by atoms with Crippen molar-refractivity contribution in [1.29, 1.82) is 0 Å². The fourth-order valence-corrected chi connectivity index (χ4v) is 2.61. The van der Waals surface area contributed by atoms with Crippen molar-refractivity contribution in [1.82, 2.24) is 15.1 Å². The molecule has 21 heavy (non-hydrogen) atoms. The van der Waals surface area contributed by atoms with Gasteiger partial charge in [0.15, 0.2) is 0 Å². The van der Waals surface area contributed by atoms with Gasteiger partial charge in [-0.1, -0.05) is 25.1 Å². The maximum absolute atomic E-state index is 11.8. The van der Waals surface area contributed by atoms with Crippen LogP contribution in [0, 0.1) is 0 Å². The minimum absolute atomic E-state index is 0.0263. The van der Waals surface area contributed by atoms with Gasteiger partial charge in [0, 0.05) is 23.9 Å². The molecule has 2 rings (SSSR count). The summed E-state index contributed by atoms with van der Waals surface area (Å²) in [5.74, 6) is 2.02. The minimum atomic E-state index is -0.0263. The smallest absolute Gasteiger partial charge is 0.221 e. The third-order valence-corrected chi connectivity index (χ3v) is 4.08. The zero-order valence-electron chi connectivity index (χ0n) is 12.5. The van der Waals surface area contributed by atoms with Crippen LogP contribution in [0.5, 0.6) is 0 Å². The lowest BCUT2D eigenvalue weighted by atomic mass is 10.2. The van der Waals surface area contributed by atoms with Crippen molar-refractivity contribution in [3.8, 4) is 5.69 Å². The number of benzene rings is 1. The van der Waals surface area contributed by atoms with Crippen LogP contribution in [-0.4, -0.2) is 27.2 Å². The zero-order valence-corrected chi connectivity index (χ0v) is 13.3. The maximum Gasteiger partial charge on any atom is 0.221 e. The summed E-state index contributed by atoms with van der Waals surface area (Å²) in [5.41, 5.74) is 2.02. The van der Waals surface area contributed by atoms with Crippen LogP contribution in [0.15, 0.2) is 42.7 Å². The second-order valence-electron chi connectivity index (χ2n) is 4.79. The van der Waals surface area contributed by atoms with Crippen LogP contribution in [0.3, 0.4) is 0 Å². The van der Waals surface area contributed by atoms with Crippen LogP contribution < -0.4 is 5.32 Å². The van der Waals surface area contributed by atoms with E-state index in [2.05, 4.69) is 17.3 Å². The van der Waals surface area contributed by atoms with E-state index in [4.69, 9.17) is 0 Å². The van der Waals surface area contributed by atoms with Gasteiger partial charge in [-0.15, -0.1) is 0 Å². The Morgan fingerprint density at radius 2 is 2.14 bits per heavy atom. The van der Waals surface area contributed by atoms with Gasteiger partial charge in [-0.25, -0.2) is 4.68 Å². The first-order valence-corrected chi connectivity index (χ1v) is 8.33. The molecule has 0 aliphatic carbocycles. The number of aromatic nitrogens is 2. The van der Waals surface area contributed by atoms with Gasteiger partial charge in [-0.3, -0.25) is 4.79 Å². The first-order valence-electron chi connectivity index (χ1n) is 7.17. The Morgan fingerprint density at radius 3 is 2.86 bits per heavy atom. The van der Waals surface area contributed by atoms with E-state index < -0.39 is 0 Å². The Kier molecular flexibility index (Phi) is 5.87. The van der Waals surface area contributed by atoms with Gasteiger partial charge in [0.25, 0.3) is 0 Å². The van der Waals surface area contributed by atoms with Gasteiger partial charge in [-0.05, 0) is 24.8 Å². The standard InChI is InChI=1S/C16H21N3OS/c1-3-21-10-9-16(20)18-13(2)14-11-17-19(12-14)15-7-5-4-6-8-15/h4-8,11-13H,3,9-10H2,1-2H3,(H,18,20)/t13-/m0/s1. The van der Waals surface area contributed by atoms with E-state index in [0.29, 0.717) is 6.42 Å². The molecule has 112 valence electrons. The summed E-state index contributed by atoms with van der Waals surface area (Å²) in [4.78, 5) is 11.8. The van der Waals surface area contributed by atoms with Crippen LogP contribution in [-0.2, 0) is 4.79 Å². The molecule has 2 aromatic rings. The predicted molar refractivity (Wildman–Crippen MR) is 87.7 cm³/mol. The molecule has 0 bridgehead atoms. The molecular formula is C16H21N3OS. The van der Waals surface area contributed by atoms with E-state index in [1.807, 2.05) is 48.1 Å². The average Bonchev–Trinajstić information content (AvgIpc) is 2.98. The van der Waals surface area contributed by atoms with Crippen LogP contribution in [0.4, 0.5) is 0 Å². The number of carbonyl (C=O) groups is 1. The van der Waals surface area contributed by atoms with Crippen molar-refractivity contribution in [3.63, 3.8) is 0 Å². The van der Waals surface area contributed by atoms with Gasteiger partial charge < -0.3 is 5.32 Å². The van der Waals surface area contributed by atoms with Gasteiger partial charge in [-0.2, -0.15) is 16.9 Å². The lowest BCUT2D eigenvalue weighted by Gasteiger charge is -2.11. The van der Waals surface area contributed by atoms with Crippen LogP contribution in [0.25, 0.3) is 5.69 Å². The van der Waals surface area contributed by atoms with E-state index in [9.17, 15) is 4.79 Å². The summed E-state index contributed by atoms with van der Waals surface area (Å²) in [5, 5.41) is 7.37. The Morgan fingerprint density at radius 1 is 1.38 bits per heavy atom. The maximum atomic E-state index is 11.8. The van der Waals surface area contributed by atoms with Crippen LogP contribution in [0.1, 0.15) is 31.9 Å². The third kappa shape index (κ3) is 4.63. The van der Waals surface area contributed by atoms with Gasteiger partial charge in [0.1, 0.15) is 0 Å². The Bertz CT molecular complexity index is 568. The average molecular weight is 303 g/mol. The topological polar surface area (TPSA) is 46.9 Å². The lowest BCUT2D eigenvalue weighted by Crippen LogP contribution is -2.26. The molecule has 0 fully saturated rings. The van der Waals surface area contributed by atoms with Crippen LogP contribution >= 0.6 is 11.8 Å². The number of nitrogens with one attached hydrogen (secondary N) is 1. The van der Waals surface area contributed by atoms with Crippen molar-refractivity contribution in [2.75, 3.05) is 11.5 Å². The summed E-state index contributed by atoms with van der Waals surface area (Å²) < 4.78 is 1.82. The normalized spacial score (nSPS) is 12.1. The lowest BCUT2D eigenvalue weighted by molar-refractivity contribution is -0.121. The number of hydrogen-bond acceptors (Lipinski definition) is 3. The summed E-state index contributed by atoms with van der Waals surface area (Å²) in [6.45, 7) is 4.08. The highest BCUT2D eigenvalue weighted by atomic mass is 32.2. The molecule has 0 saturated heterocycles.